The second-order valence-electron chi connectivity index (χ2n) is 3.07. The van der Waals surface area contributed by atoms with Crippen molar-refractivity contribution in [3.63, 3.8) is 0 Å². The van der Waals surface area contributed by atoms with Gasteiger partial charge in [0.2, 0.25) is 0 Å². The molecule has 0 spiro atoms. The zero-order valence-corrected chi connectivity index (χ0v) is 11.1. The predicted octanol–water partition coefficient (Wildman–Crippen LogP) is 2.99. The number of rotatable bonds is 3. The van der Waals surface area contributed by atoms with Gasteiger partial charge >= 0.3 is 0 Å². The van der Waals surface area contributed by atoms with Crippen molar-refractivity contribution < 1.29 is 9.84 Å². The number of hydrogen-bond donors (Lipinski definition) is 2. The predicted molar refractivity (Wildman–Crippen MR) is 66.8 cm³/mol. The molecule has 0 aliphatic carbocycles. The van der Waals surface area contributed by atoms with E-state index in [0.29, 0.717) is 16.8 Å². The van der Waals surface area contributed by atoms with E-state index < -0.39 is 0 Å². The van der Waals surface area contributed by atoms with Crippen molar-refractivity contribution in [1.82, 2.24) is 0 Å². The van der Waals surface area contributed by atoms with E-state index >= 15 is 0 Å². The molecule has 0 bridgehead atoms. The number of ether oxygens (including phenoxy) is 1. The third-order valence-electron chi connectivity index (χ3n) is 1.88. The van der Waals surface area contributed by atoms with Crippen molar-refractivity contribution in [3.05, 3.63) is 22.2 Å². The van der Waals surface area contributed by atoms with Crippen LogP contribution in [0.25, 0.3) is 0 Å². The maximum atomic E-state index is 9.62. The summed E-state index contributed by atoms with van der Waals surface area (Å²) in [5.74, 6) is 0.588. The largest absolute Gasteiger partial charge is 0.503 e. The lowest BCUT2D eigenvalue weighted by atomic mass is 10.1. The van der Waals surface area contributed by atoms with E-state index in [-0.39, 0.29) is 24.2 Å². The first-order chi connectivity index (χ1) is 6.56. The van der Waals surface area contributed by atoms with Crippen LogP contribution in [0.5, 0.6) is 11.5 Å². The topological polar surface area (TPSA) is 55.5 Å². The highest BCUT2D eigenvalue weighted by molar-refractivity contribution is 9.10. The minimum Gasteiger partial charge on any atom is -0.503 e. The first-order valence-electron chi connectivity index (χ1n) is 4.47. The van der Waals surface area contributed by atoms with E-state index in [1.165, 1.54) is 0 Å². The van der Waals surface area contributed by atoms with E-state index in [0.717, 1.165) is 5.56 Å². The Kier molecular flexibility index (Phi) is 6.02. The van der Waals surface area contributed by atoms with Crippen LogP contribution in [0.15, 0.2) is 16.6 Å². The van der Waals surface area contributed by atoms with Crippen LogP contribution in [0.1, 0.15) is 25.5 Å². The Morgan fingerprint density at radius 2 is 2.13 bits per heavy atom. The molecule has 0 unspecified atom stereocenters. The SMILES string of the molecule is CCOc1cc([C@@H](C)N)cc(Br)c1O.Cl. The summed E-state index contributed by atoms with van der Waals surface area (Å²) in [6.45, 7) is 4.27. The van der Waals surface area contributed by atoms with Gasteiger partial charge in [-0.25, -0.2) is 0 Å². The monoisotopic (exact) mass is 295 g/mol. The molecule has 1 atom stereocenters. The van der Waals surface area contributed by atoms with Gasteiger partial charge in [0.1, 0.15) is 0 Å². The molecule has 3 N–H and O–H groups in total. The van der Waals surface area contributed by atoms with Crippen LogP contribution in [-0.2, 0) is 0 Å². The normalized spacial score (nSPS) is 11.7. The lowest BCUT2D eigenvalue weighted by Gasteiger charge is -2.12. The first-order valence-corrected chi connectivity index (χ1v) is 5.26. The average Bonchev–Trinajstić information content (AvgIpc) is 2.12. The Morgan fingerprint density at radius 1 is 1.53 bits per heavy atom. The molecule has 0 fully saturated rings. The molecular formula is C10H15BrClNO2. The van der Waals surface area contributed by atoms with Crippen LogP contribution in [0.2, 0.25) is 0 Å². The number of phenolic OH excluding ortho intramolecular Hbond substituents is 1. The van der Waals surface area contributed by atoms with Gasteiger partial charge in [-0.05, 0) is 47.5 Å². The van der Waals surface area contributed by atoms with Gasteiger partial charge in [0.05, 0.1) is 11.1 Å². The molecule has 0 heterocycles. The van der Waals surface area contributed by atoms with Crippen LogP contribution in [0.4, 0.5) is 0 Å². The number of aromatic hydroxyl groups is 1. The van der Waals surface area contributed by atoms with Crippen molar-refractivity contribution in [3.8, 4) is 11.5 Å². The summed E-state index contributed by atoms with van der Waals surface area (Å²) < 4.78 is 5.88. The van der Waals surface area contributed by atoms with Crippen LogP contribution in [-0.4, -0.2) is 11.7 Å². The molecule has 0 aromatic heterocycles. The smallest absolute Gasteiger partial charge is 0.172 e. The lowest BCUT2D eigenvalue weighted by Crippen LogP contribution is -2.05. The molecule has 5 heteroatoms. The number of halogens is 2. The van der Waals surface area contributed by atoms with Gasteiger partial charge in [-0.3, -0.25) is 0 Å². The van der Waals surface area contributed by atoms with Gasteiger partial charge in [0.25, 0.3) is 0 Å². The molecule has 0 saturated carbocycles. The van der Waals surface area contributed by atoms with Gasteiger partial charge in [-0.2, -0.15) is 0 Å². The summed E-state index contributed by atoms with van der Waals surface area (Å²) in [5, 5.41) is 9.62. The Bertz CT molecular complexity index is 331. The van der Waals surface area contributed by atoms with E-state index in [2.05, 4.69) is 15.9 Å². The fourth-order valence-electron chi connectivity index (χ4n) is 1.12. The third-order valence-corrected chi connectivity index (χ3v) is 2.48. The maximum Gasteiger partial charge on any atom is 0.172 e. The molecule has 0 aliphatic heterocycles. The minimum absolute atomic E-state index is 0. The summed E-state index contributed by atoms with van der Waals surface area (Å²) in [6.07, 6.45) is 0. The molecule has 0 radical (unpaired) electrons. The Hall–Kier alpha value is -0.450. The summed E-state index contributed by atoms with van der Waals surface area (Å²) in [7, 11) is 0. The fraction of sp³-hybridized carbons (Fsp3) is 0.400. The zero-order chi connectivity index (χ0) is 10.7. The van der Waals surface area contributed by atoms with Crippen LogP contribution in [0, 0.1) is 0 Å². The molecule has 1 aromatic rings. The van der Waals surface area contributed by atoms with Crippen molar-refractivity contribution in [2.24, 2.45) is 5.73 Å². The van der Waals surface area contributed by atoms with E-state index in [4.69, 9.17) is 10.5 Å². The molecule has 0 amide bonds. The van der Waals surface area contributed by atoms with Crippen molar-refractivity contribution in [2.75, 3.05) is 6.61 Å². The Morgan fingerprint density at radius 3 is 2.60 bits per heavy atom. The van der Waals surface area contributed by atoms with Crippen molar-refractivity contribution in [1.29, 1.82) is 0 Å². The highest BCUT2D eigenvalue weighted by Gasteiger charge is 2.10. The number of phenols is 1. The summed E-state index contributed by atoms with van der Waals surface area (Å²) >= 11 is 3.25. The fourth-order valence-corrected chi connectivity index (χ4v) is 1.58. The van der Waals surface area contributed by atoms with Crippen LogP contribution in [0.3, 0.4) is 0 Å². The molecule has 1 rings (SSSR count). The average molecular weight is 297 g/mol. The lowest BCUT2D eigenvalue weighted by molar-refractivity contribution is 0.316. The summed E-state index contributed by atoms with van der Waals surface area (Å²) in [5.41, 5.74) is 6.67. The second-order valence-corrected chi connectivity index (χ2v) is 3.93. The van der Waals surface area contributed by atoms with E-state index in [1.807, 2.05) is 13.8 Å². The Balaban J connectivity index is 0.00000196. The molecular weight excluding hydrogens is 281 g/mol. The standard InChI is InChI=1S/C10H14BrNO2.ClH/c1-3-14-9-5-7(6(2)12)4-8(11)10(9)13;/h4-6,13H,3,12H2,1-2H3;1H/t6-;/m1./s1. The zero-order valence-electron chi connectivity index (χ0n) is 8.66. The van der Waals surface area contributed by atoms with Crippen LogP contribution < -0.4 is 10.5 Å². The molecule has 15 heavy (non-hydrogen) atoms. The van der Waals surface area contributed by atoms with Gasteiger partial charge in [0.15, 0.2) is 11.5 Å². The number of benzene rings is 1. The molecule has 0 aliphatic rings. The molecule has 1 aromatic carbocycles. The van der Waals surface area contributed by atoms with E-state index in [9.17, 15) is 5.11 Å². The summed E-state index contributed by atoms with van der Waals surface area (Å²) in [6, 6.07) is 3.47. The van der Waals surface area contributed by atoms with Crippen molar-refractivity contribution in [2.45, 2.75) is 19.9 Å². The third kappa shape index (κ3) is 3.55. The molecule has 0 saturated heterocycles. The summed E-state index contributed by atoms with van der Waals surface area (Å²) in [4.78, 5) is 0. The molecule has 3 nitrogen and oxygen atoms in total. The van der Waals surface area contributed by atoms with Gasteiger partial charge in [-0.15, -0.1) is 12.4 Å². The number of nitrogens with two attached hydrogens (primary N) is 1. The maximum absolute atomic E-state index is 9.62. The first kappa shape index (κ1) is 14.5. The second kappa shape index (κ2) is 6.20. The van der Waals surface area contributed by atoms with E-state index in [1.54, 1.807) is 12.1 Å². The quantitative estimate of drug-likeness (QED) is 0.901. The number of hydrogen-bond acceptors (Lipinski definition) is 3. The minimum atomic E-state index is -0.0777. The Labute approximate surface area is 104 Å². The van der Waals surface area contributed by atoms with Gasteiger partial charge in [0, 0.05) is 6.04 Å². The highest BCUT2D eigenvalue weighted by Crippen LogP contribution is 2.36. The van der Waals surface area contributed by atoms with Crippen molar-refractivity contribution >= 4 is 28.3 Å². The van der Waals surface area contributed by atoms with Crippen LogP contribution >= 0.6 is 28.3 Å². The van der Waals surface area contributed by atoms with Gasteiger partial charge < -0.3 is 15.6 Å². The van der Waals surface area contributed by atoms with Gasteiger partial charge in [-0.1, -0.05) is 0 Å². The highest BCUT2D eigenvalue weighted by atomic mass is 79.9. The molecule has 86 valence electrons.